The normalized spacial score (nSPS) is 12.3. The van der Waals surface area contributed by atoms with E-state index in [2.05, 4.69) is 38.2 Å². The first-order valence-corrected chi connectivity index (χ1v) is 13.6. The Kier molecular flexibility index (Phi) is 8.07. The van der Waals surface area contributed by atoms with Crippen LogP contribution in [0.3, 0.4) is 0 Å². The molecule has 0 aliphatic rings. The molecule has 0 bridgehead atoms. The number of H-pyrrole nitrogens is 1. The van der Waals surface area contributed by atoms with Crippen molar-refractivity contribution < 1.29 is 14.3 Å². The van der Waals surface area contributed by atoms with Gasteiger partial charge in [0.1, 0.15) is 23.1 Å². The Bertz CT molecular complexity index is 1610. The SMILES string of the molecule is COc1cc(Cn2c(Cc3ccccc3)nnc2C(CNC(=O)C(C)(C)N)c2c[nH]c3ccccc23)cc(OC)c1. The third-order valence-electron chi connectivity index (χ3n) is 7.17. The molecule has 9 heteroatoms. The van der Waals surface area contributed by atoms with Gasteiger partial charge in [0.05, 0.1) is 32.2 Å². The fraction of sp³-hybridized carbons (Fsp3) is 0.281. The molecular weight excluding hydrogens is 516 g/mol. The second-order valence-electron chi connectivity index (χ2n) is 10.7. The Morgan fingerprint density at radius 2 is 1.66 bits per heavy atom. The first kappa shape index (κ1) is 27.9. The number of benzene rings is 3. The van der Waals surface area contributed by atoms with Crippen molar-refractivity contribution in [3.05, 3.63) is 107 Å². The summed E-state index contributed by atoms with van der Waals surface area (Å²) in [5, 5.41) is 13.6. The molecule has 3 aromatic carbocycles. The number of carbonyl (C=O) groups is 1. The fourth-order valence-corrected chi connectivity index (χ4v) is 4.97. The molecule has 0 saturated heterocycles. The number of hydrogen-bond donors (Lipinski definition) is 3. The van der Waals surface area contributed by atoms with Crippen LogP contribution in [0.25, 0.3) is 10.9 Å². The maximum Gasteiger partial charge on any atom is 0.239 e. The van der Waals surface area contributed by atoms with Gasteiger partial charge in [0.15, 0.2) is 0 Å². The lowest BCUT2D eigenvalue weighted by atomic mass is 9.96. The van der Waals surface area contributed by atoms with Gasteiger partial charge in [-0.05, 0) is 48.7 Å². The van der Waals surface area contributed by atoms with Gasteiger partial charge in [-0.25, -0.2) is 0 Å². The van der Waals surface area contributed by atoms with Gasteiger partial charge in [-0.15, -0.1) is 10.2 Å². The third-order valence-corrected chi connectivity index (χ3v) is 7.17. The van der Waals surface area contributed by atoms with Gasteiger partial charge < -0.3 is 30.1 Å². The molecule has 0 saturated carbocycles. The van der Waals surface area contributed by atoms with Gasteiger partial charge in [-0.2, -0.15) is 0 Å². The Morgan fingerprint density at radius 3 is 2.34 bits per heavy atom. The molecule has 5 aromatic rings. The molecule has 41 heavy (non-hydrogen) atoms. The number of fused-ring (bicyclic) bond motifs is 1. The van der Waals surface area contributed by atoms with Crippen LogP contribution in [0, 0.1) is 0 Å². The van der Waals surface area contributed by atoms with E-state index in [1.54, 1.807) is 28.1 Å². The van der Waals surface area contributed by atoms with Gasteiger partial charge >= 0.3 is 0 Å². The number of amides is 1. The standard InChI is InChI=1S/C32H36N6O3/c1-32(2,33)31(39)35-19-27(26-18-34-28-13-9-8-12-25(26)28)30-37-36-29(16-21-10-6-5-7-11-21)38(30)20-22-14-23(40-3)17-24(15-22)41-4/h5-15,17-18,27,34H,16,19-20,33H2,1-4H3,(H,35,39). The van der Waals surface area contributed by atoms with E-state index in [4.69, 9.17) is 20.3 Å². The van der Waals surface area contributed by atoms with Crippen LogP contribution < -0.4 is 20.5 Å². The molecule has 0 radical (unpaired) electrons. The topological polar surface area (TPSA) is 120 Å². The number of para-hydroxylation sites is 1. The zero-order chi connectivity index (χ0) is 29.0. The van der Waals surface area contributed by atoms with Gasteiger partial charge in [0.25, 0.3) is 0 Å². The molecule has 0 aliphatic carbocycles. The minimum Gasteiger partial charge on any atom is -0.497 e. The van der Waals surface area contributed by atoms with Crippen molar-refractivity contribution in [1.29, 1.82) is 0 Å². The summed E-state index contributed by atoms with van der Waals surface area (Å²) in [6.45, 7) is 4.17. The van der Waals surface area contributed by atoms with E-state index in [9.17, 15) is 4.79 Å². The molecule has 0 aliphatic heterocycles. The lowest BCUT2D eigenvalue weighted by Gasteiger charge is -2.23. The second kappa shape index (κ2) is 11.9. The summed E-state index contributed by atoms with van der Waals surface area (Å²) < 4.78 is 13.2. The number of nitrogens with zero attached hydrogens (tertiary/aromatic N) is 3. The third kappa shape index (κ3) is 6.25. The fourth-order valence-electron chi connectivity index (χ4n) is 4.97. The van der Waals surface area contributed by atoms with Crippen LogP contribution in [0.1, 0.15) is 48.1 Å². The molecule has 212 valence electrons. The molecule has 1 atom stereocenters. The van der Waals surface area contributed by atoms with Gasteiger partial charge in [-0.1, -0.05) is 48.5 Å². The highest BCUT2D eigenvalue weighted by molar-refractivity contribution is 5.86. The summed E-state index contributed by atoms with van der Waals surface area (Å²) >= 11 is 0. The zero-order valence-electron chi connectivity index (χ0n) is 23.8. The molecule has 4 N–H and O–H groups in total. The molecular formula is C32H36N6O3. The summed E-state index contributed by atoms with van der Waals surface area (Å²) in [6, 6.07) is 24.1. The lowest BCUT2D eigenvalue weighted by molar-refractivity contribution is -0.125. The number of rotatable bonds is 11. The summed E-state index contributed by atoms with van der Waals surface area (Å²) in [5.74, 6) is 2.40. The summed E-state index contributed by atoms with van der Waals surface area (Å²) in [6.07, 6.45) is 2.58. The zero-order valence-corrected chi connectivity index (χ0v) is 23.8. The van der Waals surface area contributed by atoms with Crippen molar-refractivity contribution in [3.63, 3.8) is 0 Å². The predicted octanol–water partition coefficient (Wildman–Crippen LogP) is 4.40. The van der Waals surface area contributed by atoms with E-state index in [0.29, 0.717) is 31.0 Å². The average molecular weight is 553 g/mol. The smallest absolute Gasteiger partial charge is 0.239 e. The number of nitrogens with two attached hydrogens (primary N) is 1. The average Bonchev–Trinajstić information content (AvgIpc) is 3.57. The first-order chi connectivity index (χ1) is 19.8. The van der Waals surface area contributed by atoms with E-state index in [1.807, 2.05) is 60.8 Å². The minimum atomic E-state index is -1.02. The van der Waals surface area contributed by atoms with Crippen molar-refractivity contribution in [3.8, 4) is 11.5 Å². The van der Waals surface area contributed by atoms with Crippen LogP contribution in [0.4, 0.5) is 0 Å². The Labute approximate surface area is 239 Å². The number of aromatic amines is 1. The number of ether oxygens (including phenoxy) is 2. The highest BCUT2D eigenvalue weighted by Gasteiger charge is 2.29. The summed E-state index contributed by atoms with van der Waals surface area (Å²) in [7, 11) is 3.27. The maximum atomic E-state index is 12.9. The second-order valence-corrected chi connectivity index (χ2v) is 10.7. The summed E-state index contributed by atoms with van der Waals surface area (Å²) in [4.78, 5) is 16.3. The molecule has 1 amide bonds. The number of methoxy groups -OCH3 is 2. The predicted molar refractivity (Wildman–Crippen MR) is 159 cm³/mol. The van der Waals surface area contributed by atoms with Crippen LogP contribution >= 0.6 is 0 Å². The van der Waals surface area contributed by atoms with Crippen molar-refractivity contribution in [1.82, 2.24) is 25.1 Å². The van der Waals surface area contributed by atoms with E-state index in [0.717, 1.165) is 39.2 Å². The van der Waals surface area contributed by atoms with Crippen LogP contribution in [-0.2, 0) is 17.8 Å². The largest absolute Gasteiger partial charge is 0.497 e. The number of carbonyl (C=O) groups excluding carboxylic acids is 1. The highest BCUT2D eigenvalue weighted by Crippen LogP contribution is 2.32. The van der Waals surface area contributed by atoms with Crippen LogP contribution in [0.5, 0.6) is 11.5 Å². The maximum absolute atomic E-state index is 12.9. The van der Waals surface area contributed by atoms with Crippen LogP contribution in [-0.4, -0.2) is 52.0 Å². The summed E-state index contributed by atoms with van der Waals surface area (Å²) in [5.41, 5.74) is 9.21. The number of hydrogen-bond acceptors (Lipinski definition) is 6. The Balaban J connectivity index is 1.63. The van der Waals surface area contributed by atoms with Gasteiger partial charge in [0, 0.05) is 36.1 Å². The van der Waals surface area contributed by atoms with E-state index in [-0.39, 0.29) is 11.8 Å². The Morgan fingerprint density at radius 1 is 0.976 bits per heavy atom. The highest BCUT2D eigenvalue weighted by atomic mass is 16.5. The van der Waals surface area contributed by atoms with Gasteiger partial charge in [-0.3, -0.25) is 4.79 Å². The molecule has 9 nitrogen and oxygen atoms in total. The molecule has 0 spiro atoms. The quantitative estimate of drug-likeness (QED) is 0.223. The molecule has 1 unspecified atom stereocenters. The molecule has 5 rings (SSSR count). The monoisotopic (exact) mass is 552 g/mol. The number of nitrogens with one attached hydrogen (secondary N) is 2. The molecule has 2 heterocycles. The van der Waals surface area contributed by atoms with Gasteiger partial charge in [0.2, 0.25) is 5.91 Å². The van der Waals surface area contributed by atoms with Crippen molar-refractivity contribution in [2.24, 2.45) is 5.73 Å². The minimum absolute atomic E-state index is 0.240. The van der Waals surface area contributed by atoms with E-state index >= 15 is 0 Å². The molecule has 0 fully saturated rings. The van der Waals surface area contributed by atoms with Crippen molar-refractivity contribution >= 4 is 16.8 Å². The number of aromatic nitrogens is 4. The Hall–Kier alpha value is -4.63. The van der Waals surface area contributed by atoms with Crippen molar-refractivity contribution in [2.75, 3.05) is 20.8 Å². The van der Waals surface area contributed by atoms with E-state index in [1.165, 1.54) is 0 Å². The van der Waals surface area contributed by atoms with E-state index < -0.39 is 5.54 Å². The molecule has 2 aromatic heterocycles. The lowest BCUT2D eigenvalue weighted by Crippen LogP contribution is -2.50. The van der Waals surface area contributed by atoms with Crippen molar-refractivity contribution in [2.45, 2.75) is 38.3 Å². The first-order valence-electron chi connectivity index (χ1n) is 13.6. The van der Waals surface area contributed by atoms with Crippen LogP contribution in [0.15, 0.2) is 79.0 Å². The van der Waals surface area contributed by atoms with Crippen LogP contribution in [0.2, 0.25) is 0 Å².